The molecule has 2 unspecified atom stereocenters. The van der Waals surface area contributed by atoms with Gasteiger partial charge in [0.15, 0.2) is 5.78 Å². The molecule has 4 rings (SSSR count). The molecule has 1 aliphatic carbocycles. The third-order valence-corrected chi connectivity index (χ3v) is 8.92. The van der Waals surface area contributed by atoms with Crippen molar-refractivity contribution in [2.45, 2.75) is 65.5 Å². The molecule has 9 heteroatoms. The molecule has 2 aliphatic rings. The van der Waals surface area contributed by atoms with Crippen molar-refractivity contribution >= 4 is 23.6 Å². The minimum absolute atomic E-state index is 0.0288. The topological polar surface area (TPSA) is 116 Å². The number of hydrogen-bond acceptors (Lipinski definition) is 6. The lowest BCUT2D eigenvalue weighted by Gasteiger charge is -2.51. The van der Waals surface area contributed by atoms with E-state index in [2.05, 4.69) is 12.2 Å². The van der Waals surface area contributed by atoms with E-state index in [4.69, 9.17) is 9.84 Å². The number of aliphatic carboxylic acids is 1. The summed E-state index contributed by atoms with van der Waals surface area (Å²) in [5.74, 6) is -1.79. The van der Waals surface area contributed by atoms with Crippen LogP contribution in [0.15, 0.2) is 48.5 Å². The second-order valence-corrected chi connectivity index (χ2v) is 11.5. The van der Waals surface area contributed by atoms with E-state index in [0.29, 0.717) is 50.3 Å². The highest BCUT2D eigenvalue weighted by Gasteiger charge is 2.64. The first-order chi connectivity index (χ1) is 20.1. The van der Waals surface area contributed by atoms with Crippen molar-refractivity contribution in [1.82, 2.24) is 15.1 Å². The van der Waals surface area contributed by atoms with Crippen LogP contribution in [0.3, 0.4) is 0 Å². The van der Waals surface area contributed by atoms with Gasteiger partial charge in [-0.05, 0) is 56.0 Å². The number of amides is 2. The van der Waals surface area contributed by atoms with E-state index in [1.807, 2.05) is 49.9 Å². The molecule has 2 amide bonds. The summed E-state index contributed by atoms with van der Waals surface area (Å²) in [5.41, 5.74) is 1.92. The Balaban J connectivity index is 1.45. The van der Waals surface area contributed by atoms with Crippen molar-refractivity contribution in [2.24, 2.45) is 11.3 Å². The summed E-state index contributed by atoms with van der Waals surface area (Å²) >= 11 is 0. The number of benzene rings is 2. The molecule has 9 nitrogen and oxygen atoms in total. The van der Waals surface area contributed by atoms with Crippen molar-refractivity contribution in [2.75, 3.05) is 32.7 Å². The first-order valence-electron chi connectivity index (χ1n) is 15.0. The molecule has 1 aliphatic heterocycles. The van der Waals surface area contributed by atoms with E-state index in [9.17, 15) is 19.2 Å². The third-order valence-electron chi connectivity index (χ3n) is 8.92. The maximum atomic E-state index is 13.6. The highest BCUT2D eigenvalue weighted by Crippen LogP contribution is 2.50. The van der Waals surface area contributed by atoms with Crippen LogP contribution in [0.4, 0.5) is 0 Å². The number of carbonyl (C=O) groups excluding carboxylic acids is 3. The van der Waals surface area contributed by atoms with Gasteiger partial charge in [0.2, 0.25) is 5.91 Å². The lowest BCUT2D eigenvalue weighted by Crippen LogP contribution is -2.68. The Morgan fingerprint density at radius 3 is 2.14 bits per heavy atom. The normalized spacial score (nSPS) is 20.9. The molecule has 3 atom stereocenters. The number of nitrogens with one attached hydrogen (secondary N) is 1. The van der Waals surface area contributed by atoms with Crippen molar-refractivity contribution in [1.29, 1.82) is 0 Å². The van der Waals surface area contributed by atoms with Crippen molar-refractivity contribution in [3.05, 3.63) is 65.2 Å². The van der Waals surface area contributed by atoms with Crippen molar-refractivity contribution in [3.63, 3.8) is 0 Å². The smallest absolute Gasteiger partial charge is 0.317 e. The van der Waals surface area contributed by atoms with E-state index in [0.717, 1.165) is 24.0 Å². The summed E-state index contributed by atoms with van der Waals surface area (Å²) in [6, 6.07) is 14.7. The zero-order valence-corrected chi connectivity index (χ0v) is 25.1. The van der Waals surface area contributed by atoms with Gasteiger partial charge in [-0.3, -0.25) is 24.1 Å². The van der Waals surface area contributed by atoms with E-state index >= 15 is 0 Å². The lowest BCUT2D eigenvalue weighted by molar-refractivity contribution is -0.173. The molecule has 42 heavy (non-hydrogen) atoms. The molecule has 0 aromatic heterocycles. The van der Waals surface area contributed by atoms with Crippen LogP contribution in [0.25, 0.3) is 0 Å². The van der Waals surface area contributed by atoms with Crippen LogP contribution >= 0.6 is 0 Å². The average molecular weight is 578 g/mol. The molecule has 226 valence electrons. The number of nitrogens with zero attached hydrogens (tertiary/aromatic N) is 2. The summed E-state index contributed by atoms with van der Waals surface area (Å²) in [4.78, 5) is 54.6. The number of hydrogen-bond donors (Lipinski definition) is 2. The molecule has 1 saturated carbocycles. The Morgan fingerprint density at radius 1 is 0.976 bits per heavy atom. The fraction of sp³-hybridized carbons (Fsp3) is 0.515. The largest absolute Gasteiger partial charge is 0.488 e. The highest BCUT2D eigenvalue weighted by atomic mass is 16.5. The van der Waals surface area contributed by atoms with Gasteiger partial charge in [0.25, 0.3) is 5.91 Å². The van der Waals surface area contributed by atoms with Crippen LogP contribution in [-0.4, -0.2) is 77.3 Å². The Morgan fingerprint density at radius 2 is 1.60 bits per heavy atom. The molecular formula is C33H43N3O6. The second-order valence-electron chi connectivity index (χ2n) is 11.5. The summed E-state index contributed by atoms with van der Waals surface area (Å²) in [6.45, 7) is 9.92. The average Bonchev–Trinajstić information content (AvgIpc) is 2.98. The van der Waals surface area contributed by atoms with Gasteiger partial charge < -0.3 is 20.1 Å². The standard InChI is InChI=1S/C33H43N3O6/c1-5-8-26(23-11-9-22(4)10-12-23)34-31(40)28-29(39)33(6-2,7-3)30(28)42-25-15-13-24(14-16-25)32(41)36-19-17-35(18-20-36)21-27(37)38/h9-16,26,28,30H,5-8,17-21H2,1-4H3,(H,34,40)(H,37,38)/t26?,28?,30-/m1/s1. The Labute approximate surface area is 248 Å². The van der Waals surface area contributed by atoms with Crippen molar-refractivity contribution < 1.29 is 29.0 Å². The number of carboxylic acids is 1. The minimum atomic E-state index is -0.905. The Kier molecular flexibility index (Phi) is 10.0. The second kappa shape index (κ2) is 13.5. The predicted octanol–water partition coefficient (Wildman–Crippen LogP) is 4.25. The van der Waals surface area contributed by atoms with Crippen LogP contribution in [0.2, 0.25) is 0 Å². The summed E-state index contributed by atoms with van der Waals surface area (Å²) in [6.07, 6.45) is 2.17. The van der Waals surface area contributed by atoms with Crippen LogP contribution < -0.4 is 10.1 Å². The van der Waals surface area contributed by atoms with Gasteiger partial charge in [-0.15, -0.1) is 0 Å². The number of carboxylic acid groups (broad SMARTS) is 1. The van der Waals surface area contributed by atoms with Gasteiger partial charge in [0, 0.05) is 31.7 Å². The first-order valence-corrected chi connectivity index (χ1v) is 15.0. The number of Topliss-reactive ketones (excluding diaryl/α,β-unsaturated/α-hetero) is 1. The number of piperazine rings is 1. The zero-order chi connectivity index (χ0) is 30.4. The maximum Gasteiger partial charge on any atom is 0.317 e. The highest BCUT2D eigenvalue weighted by molar-refractivity contribution is 6.10. The first kappa shape index (κ1) is 31.2. The summed E-state index contributed by atoms with van der Waals surface area (Å²) in [7, 11) is 0. The van der Waals surface area contributed by atoms with Crippen LogP contribution in [0.5, 0.6) is 5.75 Å². The third kappa shape index (κ3) is 6.51. The SMILES string of the molecule is CCCC(NC(=O)C1C(=O)C(CC)(CC)[C@@H]1Oc1ccc(C(=O)N2CCN(CC(=O)O)CC2)cc1)c1ccc(C)cc1. The van der Waals surface area contributed by atoms with Crippen molar-refractivity contribution in [3.8, 4) is 5.75 Å². The van der Waals surface area contributed by atoms with E-state index in [1.165, 1.54) is 0 Å². The van der Waals surface area contributed by atoms with E-state index in [-0.39, 0.29) is 30.2 Å². The van der Waals surface area contributed by atoms with Crippen LogP contribution in [0.1, 0.15) is 74.0 Å². The molecule has 2 aromatic carbocycles. The van der Waals surface area contributed by atoms with E-state index in [1.54, 1.807) is 29.2 Å². The number of aryl methyl sites for hydroxylation is 1. The zero-order valence-electron chi connectivity index (χ0n) is 25.1. The molecule has 0 spiro atoms. The summed E-state index contributed by atoms with van der Waals surface area (Å²) < 4.78 is 6.38. The van der Waals surface area contributed by atoms with Gasteiger partial charge in [0.1, 0.15) is 17.8 Å². The summed E-state index contributed by atoms with van der Waals surface area (Å²) in [5, 5.41) is 12.1. The van der Waals surface area contributed by atoms with Crippen LogP contribution in [0, 0.1) is 18.3 Å². The monoisotopic (exact) mass is 577 g/mol. The maximum absolute atomic E-state index is 13.6. The predicted molar refractivity (Wildman–Crippen MR) is 159 cm³/mol. The van der Waals surface area contributed by atoms with Gasteiger partial charge in [-0.1, -0.05) is 57.0 Å². The van der Waals surface area contributed by atoms with Crippen LogP contribution in [-0.2, 0) is 14.4 Å². The van der Waals surface area contributed by atoms with Gasteiger partial charge in [0.05, 0.1) is 18.0 Å². The molecule has 2 N–H and O–H groups in total. The Hall–Kier alpha value is -3.72. The number of carbonyl (C=O) groups is 4. The number of rotatable bonds is 12. The van der Waals surface area contributed by atoms with E-state index < -0.39 is 23.4 Å². The molecule has 0 bridgehead atoms. The fourth-order valence-corrected chi connectivity index (χ4v) is 6.23. The van der Waals surface area contributed by atoms with Gasteiger partial charge >= 0.3 is 5.97 Å². The van der Waals surface area contributed by atoms with Gasteiger partial charge in [-0.25, -0.2) is 0 Å². The fourth-order valence-electron chi connectivity index (χ4n) is 6.23. The number of ketones is 1. The molecule has 0 radical (unpaired) electrons. The Bertz CT molecular complexity index is 1260. The van der Waals surface area contributed by atoms with Gasteiger partial charge in [-0.2, -0.15) is 0 Å². The molecule has 1 saturated heterocycles. The molecule has 2 fully saturated rings. The molecule has 1 heterocycles. The number of ether oxygens (including phenoxy) is 1. The molecular weight excluding hydrogens is 534 g/mol. The molecule has 2 aromatic rings. The quantitative estimate of drug-likeness (QED) is 0.363. The lowest BCUT2D eigenvalue weighted by atomic mass is 9.55. The minimum Gasteiger partial charge on any atom is -0.488 e.